The molecule has 110 valence electrons. The van der Waals surface area contributed by atoms with E-state index in [1.165, 1.54) is 38.5 Å². The fourth-order valence-corrected chi connectivity index (χ4v) is 2.98. The average molecular weight is 292 g/mol. The number of aromatic nitrogens is 2. The van der Waals surface area contributed by atoms with Gasteiger partial charge >= 0.3 is 0 Å². The van der Waals surface area contributed by atoms with E-state index >= 15 is 0 Å². The zero-order chi connectivity index (χ0) is 14.2. The van der Waals surface area contributed by atoms with Gasteiger partial charge in [-0.15, -0.1) is 11.3 Å². The van der Waals surface area contributed by atoms with Crippen molar-refractivity contribution in [2.75, 3.05) is 24.2 Å². The highest BCUT2D eigenvalue weighted by Crippen LogP contribution is 2.26. The quantitative estimate of drug-likeness (QED) is 0.668. The van der Waals surface area contributed by atoms with Crippen LogP contribution in [0, 0.1) is 0 Å². The lowest BCUT2D eigenvalue weighted by molar-refractivity contribution is 0.617. The molecule has 0 aromatic carbocycles. The molecule has 0 aliphatic heterocycles. The second-order valence-corrected chi connectivity index (χ2v) is 5.87. The lowest BCUT2D eigenvalue weighted by Crippen LogP contribution is -2.06. The molecule has 0 saturated heterocycles. The lowest BCUT2D eigenvalue weighted by Gasteiger charge is -2.08. The van der Waals surface area contributed by atoms with E-state index < -0.39 is 0 Å². The molecule has 4 nitrogen and oxygen atoms in total. The molecule has 2 aromatic heterocycles. The monoisotopic (exact) mass is 292 g/mol. The van der Waals surface area contributed by atoms with E-state index in [4.69, 9.17) is 0 Å². The number of nitrogens with one attached hydrogen (secondary N) is 2. The normalized spacial score (nSPS) is 10.9. The first-order valence-corrected chi connectivity index (χ1v) is 8.40. The number of rotatable bonds is 9. The number of hydrogen-bond donors (Lipinski definition) is 2. The average Bonchev–Trinajstić information content (AvgIpc) is 2.94. The van der Waals surface area contributed by atoms with Gasteiger partial charge < -0.3 is 10.6 Å². The van der Waals surface area contributed by atoms with Gasteiger partial charge in [0.05, 0.1) is 5.39 Å². The van der Waals surface area contributed by atoms with Crippen LogP contribution >= 0.6 is 11.3 Å². The zero-order valence-electron chi connectivity index (χ0n) is 12.4. The minimum atomic E-state index is 0.686. The topological polar surface area (TPSA) is 49.8 Å². The summed E-state index contributed by atoms with van der Waals surface area (Å²) in [6.07, 6.45) is 7.87. The van der Waals surface area contributed by atoms with Gasteiger partial charge in [-0.25, -0.2) is 4.98 Å². The fraction of sp³-hybridized carbons (Fsp3) is 0.600. The van der Waals surface area contributed by atoms with Crippen molar-refractivity contribution in [3.05, 3.63) is 11.4 Å². The van der Waals surface area contributed by atoms with Crippen LogP contribution in [0.1, 0.15) is 45.4 Å². The van der Waals surface area contributed by atoms with Crippen molar-refractivity contribution in [1.29, 1.82) is 0 Å². The predicted octanol–water partition coefficient (Wildman–Crippen LogP) is 4.51. The third-order valence-electron chi connectivity index (χ3n) is 3.37. The Morgan fingerprint density at radius 2 is 1.90 bits per heavy atom. The summed E-state index contributed by atoms with van der Waals surface area (Å²) >= 11 is 1.65. The van der Waals surface area contributed by atoms with Crippen LogP contribution in [0.2, 0.25) is 0 Å². The van der Waals surface area contributed by atoms with E-state index in [0.29, 0.717) is 5.95 Å². The van der Waals surface area contributed by atoms with Gasteiger partial charge in [-0.2, -0.15) is 4.98 Å². The van der Waals surface area contributed by atoms with E-state index in [1.807, 2.05) is 7.05 Å². The molecule has 0 spiro atoms. The number of fused-ring (bicyclic) bond motifs is 1. The molecule has 0 saturated carbocycles. The minimum Gasteiger partial charge on any atom is -0.369 e. The van der Waals surface area contributed by atoms with Gasteiger partial charge in [0.15, 0.2) is 0 Å². The molecule has 0 radical (unpaired) electrons. The number of thiophene rings is 1. The van der Waals surface area contributed by atoms with E-state index in [9.17, 15) is 0 Å². The van der Waals surface area contributed by atoms with Crippen molar-refractivity contribution in [2.24, 2.45) is 0 Å². The second-order valence-electron chi connectivity index (χ2n) is 4.98. The Balaban J connectivity index is 1.84. The van der Waals surface area contributed by atoms with E-state index in [0.717, 1.165) is 22.6 Å². The number of nitrogens with zero attached hydrogens (tertiary/aromatic N) is 2. The van der Waals surface area contributed by atoms with Crippen molar-refractivity contribution in [3.8, 4) is 0 Å². The smallest absolute Gasteiger partial charge is 0.225 e. The first-order valence-electron chi connectivity index (χ1n) is 7.52. The number of anilines is 2. The first kappa shape index (κ1) is 15.0. The van der Waals surface area contributed by atoms with Gasteiger partial charge in [-0.05, 0) is 17.9 Å². The van der Waals surface area contributed by atoms with Crippen molar-refractivity contribution in [1.82, 2.24) is 9.97 Å². The summed E-state index contributed by atoms with van der Waals surface area (Å²) in [5.41, 5.74) is 0. The molecule has 0 atom stereocenters. The molecule has 0 unspecified atom stereocenters. The van der Waals surface area contributed by atoms with Crippen LogP contribution in [-0.4, -0.2) is 23.6 Å². The predicted molar refractivity (Wildman–Crippen MR) is 88.8 cm³/mol. The number of hydrogen-bond acceptors (Lipinski definition) is 5. The summed E-state index contributed by atoms with van der Waals surface area (Å²) in [6, 6.07) is 2.09. The van der Waals surface area contributed by atoms with Gasteiger partial charge in [-0.3, -0.25) is 0 Å². The minimum absolute atomic E-state index is 0.686. The fourth-order valence-electron chi connectivity index (χ4n) is 2.21. The zero-order valence-corrected chi connectivity index (χ0v) is 13.2. The molecule has 20 heavy (non-hydrogen) atoms. The highest BCUT2D eigenvalue weighted by atomic mass is 32.1. The van der Waals surface area contributed by atoms with Gasteiger partial charge in [-0.1, -0.05) is 39.0 Å². The third kappa shape index (κ3) is 4.07. The molecule has 5 heteroatoms. The summed E-state index contributed by atoms with van der Waals surface area (Å²) in [7, 11) is 1.85. The SMILES string of the molecule is CCCCCCCCNc1nc(NC)nc2sccc12. The Labute approximate surface area is 125 Å². The lowest BCUT2D eigenvalue weighted by atomic mass is 10.1. The Morgan fingerprint density at radius 3 is 2.70 bits per heavy atom. The van der Waals surface area contributed by atoms with Crippen LogP contribution in [0.5, 0.6) is 0 Å². The highest BCUT2D eigenvalue weighted by Gasteiger charge is 2.07. The van der Waals surface area contributed by atoms with Gasteiger partial charge in [0.2, 0.25) is 5.95 Å². The molecular weight excluding hydrogens is 268 g/mol. The van der Waals surface area contributed by atoms with Crippen molar-refractivity contribution < 1.29 is 0 Å². The molecule has 0 aliphatic carbocycles. The Bertz CT molecular complexity index is 524. The summed E-state index contributed by atoms with van der Waals surface area (Å²) in [5, 5.41) is 9.66. The summed E-state index contributed by atoms with van der Waals surface area (Å²) < 4.78 is 0. The van der Waals surface area contributed by atoms with Crippen molar-refractivity contribution >= 4 is 33.3 Å². The Hall–Kier alpha value is -1.36. The van der Waals surface area contributed by atoms with Crippen LogP contribution in [0.4, 0.5) is 11.8 Å². The van der Waals surface area contributed by atoms with Gasteiger partial charge in [0.1, 0.15) is 10.6 Å². The van der Waals surface area contributed by atoms with Crippen LogP contribution < -0.4 is 10.6 Å². The Morgan fingerprint density at radius 1 is 1.10 bits per heavy atom. The molecule has 2 heterocycles. The highest BCUT2D eigenvalue weighted by molar-refractivity contribution is 7.16. The molecule has 2 aromatic rings. The first-order chi connectivity index (χ1) is 9.85. The van der Waals surface area contributed by atoms with Crippen molar-refractivity contribution in [3.63, 3.8) is 0 Å². The molecule has 2 rings (SSSR count). The Kier molecular flexibility index (Phi) is 6.05. The standard InChI is InChI=1S/C15H24N4S/c1-3-4-5-6-7-8-10-17-13-12-9-11-20-14(12)19-15(16-2)18-13/h9,11H,3-8,10H2,1-2H3,(H2,16,17,18,19). The van der Waals surface area contributed by atoms with E-state index in [2.05, 4.69) is 39.0 Å². The maximum absolute atomic E-state index is 4.51. The summed E-state index contributed by atoms with van der Waals surface area (Å²) in [5.74, 6) is 1.64. The van der Waals surface area contributed by atoms with Crippen LogP contribution in [-0.2, 0) is 0 Å². The van der Waals surface area contributed by atoms with Crippen molar-refractivity contribution in [2.45, 2.75) is 45.4 Å². The van der Waals surface area contributed by atoms with E-state index in [-0.39, 0.29) is 0 Å². The maximum atomic E-state index is 4.51. The third-order valence-corrected chi connectivity index (χ3v) is 4.18. The molecular formula is C15H24N4S. The molecule has 2 N–H and O–H groups in total. The van der Waals surface area contributed by atoms with E-state index in [1.54, 1.807) is 11.3 Å². The summed E-state index contributed by atoms with van der Waals surface area (Å²) in [6.45, 7) is 3.24. The second kappa shape index (κ2) is 8.04. The molecule has 0 bridgehead atoms. The summed E-state index contributed by atoms with van der Waals surface area (Å²) in [4.78, 5) is 10.00. The molecule has 0 fully saturated rings. The maximum Gasteiger partial charge on any atom is 0.225 e. The van der Waals surface area contributed by atoms with Gasteiger partial charge in [0.25, 0.3) is 0 Å². The number of unbranched alkanes of at least 4 members (excludes halogenated alkanes) is 5. The largest absolute Gasteiger partial charge is 0.369 e. The molecule has 0 amide bonds. The molecule has 0 aliphatic rings. The van der Waals surface area contributed by atoms with Gasteiger partial charge in [0, 0.05) is 13.6 Å². The van der Waals surface area contributed by atoms with Crippen LogP contribution in [0.15, 0.2) is 11.4 Å². The van der Waals surface area contributed by atoms with Crippen LogP contribution in [0.25, 0.3) is 10.2 Å². The van der Waals surface area contributed by atoms with Crippen LogP contribution in [0.3, 0.4) is 0 Å².